The Morgan fingerprint density at radius 3 is 2.86 bits per heavy atom. The van der Waals surface area contributed by atoms with Gasteiger partial charge in [-0.15, -0.1) is 24.0 Å². The molecule has 0 aromatic carbocycles. The zero-order valence-electron chi connectivity index (χ0n) is 7.01. The fraction of sp³-hybridized carbons (Fsp3) is 0.143. The summed E-state index contributed by atoms with van der Waals surface area (Å²) < 4.78 is 0. The first-order valence-corrected chi connectivity index (χ1v) is 4.17. The quantitative estimate of drug-likeness (QED) is 0.795. The first-order chi connectivity index (χ1) is 6.40. The van der Waals surface area contributed by atoms with Crippen LogP contribution in [0, 0.1) is 0 Å². The molecule has 0 amide bonds. The first kappa shape index (κ1) is 10.9. The van der Waals surface area contributed by atoms with E-state index in [2.05, 4.69) is 25.1 Å². The van der Waals surface area contributed by atoms with Gasteiger partial charge in [0.05, 0.1) is 5.88 Å². The molecule has 74 valence electrons. The molecular weight excluding hydrogens is 225 g/mol. The minimum Gasteiger partial charge on any atom is -0.262 e. The lowest BCUT2D eigenvalue weighted by atomic mass is 10.4. The summed E-state index contributed by atoms with van der Waals surface area (Å²) in [7, 11) is 0. The van der Waals surface area contributed by atoms with Crippen LogP contribution in [0.3, 0.4) is 0 Å². The Morgan fingerprint density at radius 2 is 2.29 bits per heavy atom. The number of aromatic nitrogens is 5. The molecule has 0 bridgehead atoms. The molecule has 2 aromatic heterocycles. The molecule has 0 aliphatic rings. The zero-order valence-corrected chi connectivity index (χ0v) is 8.59. The highest BCUT2D eigenvalue weighted by molar-refractivity contribution is 6.16. The number of H-pyrrole nitrogens is 1. The second kappa shape index (κ2) is 4.88. The number of hydrogen-bond donors (Lipinski definition) is 1. The summed E-state index contributed by atoms with van der Waals surface area (Å²) in [6.45, 7) is 0. The SMILES string of the molecule is Cl.ClCc1nc(-c2ccncn2)n[nH]1. The molecule has 14 heavy (non-hydrogen) atoms. The molecule has 1 N–H and O–H groups in total. The van der Waals surface area contributed by atoms with Gasteiger partial charge in [0.25, 0.3) is 0 Å². The van der Waals surface area contributed by atoms with Crippen LogP contribution in [-0.2, 0) is 5.88 Å². The van der Waals surface area contributed by atoms with Gasteiger partial charge in [0.1, 0.15) is 17.8 Å². The predicted molar refractivity (Wildman–Crippen MR) is 54.2 cm³/mol. The Bertz CT molecular complexity index is 388. The maximum absolute atomic E-state index is 5.56. The van der Waals surface area contributed by atoms with E-state index in [1.165, 1.54) is 6.33 Å². The van der Waals surface area contributed by atoms with Gasteiger partial charge in [-0.05, 0) is 6.07 Å². The average Bonchev–Trinajstić information content (AvgIpc) is 2.67. The zero-order chi connectivity index (χ0) is 9.10. The highest BCUT2D eigenvalue weighted by atomic mass is 35.5. The molecule has 0 aliphatic heterocycles. The third-order valence-electron chi connectivity index (χ3n) is 1.47. The second-order valence-corrected chi connectivity index (χ2v) is 2.60. The van der Waals surface area contributed by atoms with E-state index in [4.69, 9.17) is 11.6 Å². The van der Waals surface area contributed by atoms with E-state index in [1.54, 1.807) is 12.3 Å². The van der Waals surface area contributed by atoms with Crippen molar-refractivity contribution in [3.8, 4) is 11.5 Å². The van der Waals surface area contributed by atoms with Crippen molar-refractivity contribution in [3.63, 3.8) is 0 Å². The Balaban J connectivity index is 0.000000980. The summed E-state index contributed by atoms with van der Waals surface area (Å²) in [5.74, 6) is 1.49. The van der Waals surface area contributed by atoms with E-state index in [1.807, 2.05) is 0 Å². The maximum Gasteiger partial charge on any atom is 0.199 e. The Morgan fingerprint density at radius 1 is 1.43 bits per heavy atom. The van der Waals surface area contributed by atoms with Crippen LogP contribution in [0.15, 0.2) is 18.6 Å². The molecule has 0 spiro atoms. The summed E-state index contributed by atoms with van der Waals surface area (Å²) in [6, 6.07) is 1.74. The number of nitrogens with one attached hydrogen (secondary N) is 1. The van der Waals surface area contributed by atoms with Crippen molar-refractivity contribution in [2.24, 2.45) is 0 Å². The van der Waals surface area contributed by atoms with Gasteiger partial charge >= 0.3 is 0 Å². The lowest BCUT2D eigenvalue weighted by Crippen LogP contribution is -1.85. The van der Waals surface area contributed by atoms with Crippen LogP contribution in [0.5, 0.6) is 0 Å². The van der Waals surface area contributed by atoms with Crippen molar-refractivity contribution in [1.82, 2.24) is 25.1 Å². The van der Waals surface area contributed by atoms with Crippen LogP contribution in [-0.4, -0.2) is 25.1 Å². The molecule has 0 radical (unpaired) electrons. The van der Waals surface area contributed by atoms with E-state index >= 15 is 0 Å². The van der Waals surface area contributed by atoms with E-state index in [0.717, 1.165) is 0 Å². The largest absolute Gasteiger partial charge is 0.262 e. The molecule has 0 unspecified atom stereocenters. The minimum absolute atomic E-state index is 0. The molecule has 0 saturated heterocycles. The maximum atomic E-state index is 5.56. The van der Waals surface area contributed by atoms with Gasteiger partial charge in [-0.2, -0.15) is 5.10 Å². The Labute approximate surface area is 91.4 Å². The van der Waals surface area contributed by atoms with Crippen LogP contribution in [0.25, 0.3) is 11.5 Å². The van der Waals surface area contributed by atoms with Gasteiger partial charge < -0.3 is 0 Å². The standard InChI is InChI=1S/C7H6ClN5.ClH/c8-3-6-11-7(13-12-6)5-1-2-9-4-10-5;/h1-2,4H,3H2,(H,11,12,13);1H. The topological polar surface area (TPSA) is 67.3 Å². The van der Waals surface area contributed by atoms with Crippen LogP contribution in [0.1, 0.15) is 5.82 Å². The lowest BCUT2D eigenvalue weighted by Gasteiger charge is -1.89. The number of rotatable bonds is 2. The third kappa shape index (κ3) is 2.18. The van der Waals surface area contributed by atoms with Crippen molar-refractivity contribution in [2.75, 3.05) is 0 Å². The highest BCUT2D eigenvalue weighted by Gasteiger charge is 2.04. The molecule has 0 aliphatic carbocycles. The van der Waals surface area contributed by atoms with Crippen molar-refractivity contribution in [1.29, 1.82) is 0 Å². The molecule has 0 fully saturated rings. The molecular formula is C7H7Cl2N5. The number of hydrogen-bond acceptors (Lipinski definition) is 4. The first-order valence-electron chi connectivity index (χ1n) is 3.64. The third-order valence-corrected chi connectivity index (χ3v) is 1.72. The van der Waals surface area contributed by atoms with Gasteiger partial charge in [0.2, 0.25) is 0 Å². The normalized spacial score (nSPS) is 9.50. The van der Waals surface area contributed by atoms with E-state index < -0.39 is 0 Å². The highest BCUT2D eigenvalue weighted by Crippen LogP contribution is 2.09. The van der Waals surface area contributed by atoms with Crippen LogP contribution in [0.2, 0.25) is 0 Å². The fourth-order valence-electron chi connectivity index (χ4n) is 0.893. The minimum atomic E-state index is 0. The van der Waals surface area contributed by atoms with Gasteiger partial charge in [-0.1, -0.05) is 0 Å². The Hall–Kier alpha value is -1.20. The molecule has 2 aromatic rings. The number of halogens is 2. The number of nitrogens with zero attached hydrogens (tertiary/aromatic N) is 4. The predicted octanol–water partition coefficient (Wildman–Crippen LogP) is 1.42. The van der Waals surface area contributed by atoms with Gasteiger partial charge in [0, 0.05) is 6.20 Å². The van der Waals surface area contributed by atoms with E-state index in [0.29, 0.717) is 23.2 Å². The smallest absolute Gasteiger partial charge is 0.199 e. The van der Waals surface area contributed by atoms with E-state index in [9.17, 15) is 0 Å². The van der Waals surface area contributed by atoms with Gasteiger partial charge in [-0.3, -0.25) is 5.10 Å². The van der Waals surface area contributed by atoms with Crippen LogP contribution >= 0.6 is 24.0 Å². The lowest BCUT2D eigenvalue weighted by molar-refractivity contribution is 1.02. The number of alkyl halides is 1. The van der Waals surface area contributed by atoms with Gasteiger partial charge in [-0.25, -0.2) is 15.0 Å². The van der Waals surface area contributed by atoms with Crippen molar-refractivity contribution >= 4 is 24.0 Å². The molecule has 7 heteroatoms. The molecule has 5 nitrogen and oxygen atoms in total. The van der Waals surface area contributed by atoms with Crippen LogP contribution < -0.4 is 0 Å². The summed E-state index contributed by atoms with van der Waals surface area (Å²) in [5, 5.41) is 6.65. The molecule has 0 saturated carbocycles. The second-order valence-electron chi connectivity index (χ2n) is 2.33. The van der Waals surface area contributed by atoms with Crippen molar-refractivity contribution in [3.05, 3.63) is 24.4 Å². The van der Waals surface area contributed by atoms with Crippen molar-refractivity contribution < 1.29 is 0 Å². The molecule has 0 atom stereocenters. The van der Waals surface area contributed by atoms with E-state index in [-0.39, 0.29) is 12.4 Å². The monoisotopic (exact) mass is 231 g/mol. The number of aromatic amines is 1. The molecule has 2 heterocycles. The van der Waals surface area contributed by atoms with Crippen molar-refractivity contribution in [2.45, 2.75) is 5.88 Å². The average molecular weight is 232 g/mol. The fourth-order valence-corrected chi connectivity index (χ4v) is 1.01. The Kier molecular flexibility index (Phi) is 3.79. The van der Waals surface area contributed by atoms with Crippen LogP contribution in [0.4, 0.5) is 0 Å². The summed E-state index contributed by atoms with van der Waals surface area (Å²) in [5.41, 5.74) is 0.683. The molecule has 2 rings (SSSR count). The summed E-state index contributed by atoms with van der Waals surface area (Å²) >= 11 is 5.56. The summed E-state index contributed by atoms with van der Waals surface area (Å²) in [4.78, 5) is 11.9. The van der Waals surface area contributed by atoms with Gasteiger partial charge in [0.15, 0.2) is 5.82 Å². The summed E-state index contributed by atoms with van der Waals surface area (Å²) in [6.07, 6.45) is 3.09.